The molecule has 1 heterocycles. The van der Waals surface area contributed by atoms with Gasteiger partial charge in [-0.15, -0.1) is 0 Å². The molecule has 0 atom stereocenters. The van der Waals surface area contributed by atoms with Gasteiger partial charge in [-0.2, -0.15) is 0 Å². The van der Waals surface area contributed by atoms with Crippen LogP contribution in [0.4, 0.5) is 5.69 Å². The molecule has 0 aliphatic carbocycles. The summed E-state index contributed by atoms with van der Waals surface area (Å²) in [4.78, 5) is 4.40. The van der Waals surface area contributed by atoms with E-state index in [9.17, 15) is 0 Å². The van der Waals surface area contributed by atoms with E-state index in [-0.39, 0.29) is 0 Å². The van der Waals surface area contributed by atoms with E-state index < -0.39 is 0 Å². The van der Waals surface area contributed by atoms with Crippen LogP contribution in [-0.4, -0.2) is 4.98 Å². The van der Waals surface area contributed by atoms with Crippen LogP contribution in [0.25, 0.3) is 10.9 Å². The molecule has 3 aromatic rings. The molecule has 3 nitrogen and oxygen atoms in total. The molecule has 2 N–H and O–H groups in total. The molecule has 1 aromatic heterocycles. The SMILES string of the molecule is Cc1ccc(Cl)c(OCc2ccc(N)c3cccnc23)c1. The van der Waals surface area contributed by atoms with Crippen LogP contribution in [0, 0.1) is 6.92 Å². The van der Waals surface area contributed by atoms with Crippen molar-refractivity contribution in [3.05, 3.63) is 64.8 Å². The summed E-state index contributed by atoms with van der Waals surface area (Å²) in [6.07, 6.45) is 1.75. The van der Waals surface area contributed by atoms with Crippen molar-refractivity contribution in [1.29, 1.82) is 0 Å². The third kappa shape index (κ3) is 2.78. The molecular weight excluding hydrogens is 284 g/mol. The predicted octanol–water partition coefficient (Wildman–Crippen LogP) is 4.36. The van der Waals surface area contributed by atoms with Gasteiger partial charge in [0.2, 0.25) is 0 Å². The van der Waals surface area contributed by atoms with Gasteiger partial charge in [0.25, 0.3) is 0 Å². The molecule has 0 unspecified atom stereocenters. The van der Waals surface area contributed by atoms with Crippen molar-refractivity contribution in [2.75, 3.05) is 5.73 Å². The van der Waals surface area contributed by atoms with E-state index in [4.69, 9.17) is 22.1 Å². The number of hydrogen-bond donors (Lipinski definition) is 1. The van der Waals surface area contributed by atoms with Gasteiger partial charge >= 0.3 is 0 Å². The minimum Gasteiger partial charge on any atom is -0.487 e. The summed E-state index contributed by atoms with van der Waals surface area (Å²) in [6.45, 7) is 2.40. The molecule has 0 spiro atoms. The molecule has 4 heteroatoms. The zero-order valence-electron chi connectivity index (χ0n) is 11.6. The van der Waals surface area contributed by atoms with Gasteiger partial charge in [0, 0.05) is 22.8 Å². The molecule has 0 saturated heterocycles. The van der Waals surface area contributed by atoms with E-state index in [1.165, 1.54) is 0 Å². The quantitative estimate of drug-likeness (QED) is 0.731. The largest absolute Gasteiger partial charge is 0.487 e. The predicted molar refractivity (Wildman–Crippen MR) is 86.7 cm³/mol. The fourth-order valence-corrected chi connectivity index (χ4v) is 2.42. The van der Waals surface area contributed by atoms with Crippen LogP contribution < -0.4 is 10.5 Å². The Hall–Kier alpha value is -2.26. The Morgan fingerprint density at radius 2 is 2.05 bits per heavy atom. The number of ether oxygens (including phenoxy) is 1. The molecule has 3 rings (SSSR count). The van der Waals surface area contributed by atoms with Crippen LogP contribution in [0.5, 0.6) is 5.75 Å². The number of pyridine rings is 1. The zero-order chi connectivity index (χ0) is 14.8. The fourth-order valence-electron chi connectivity index (χ4n) is 2.25. The van der Waals surface area contributed by atoms with Crippen molar-refractivity contribution < 1.29 is 4.74 Å². The number of nitrogen functional groups attached to an aromatic ring is 1. The Balaban J connectivity index is 1.92. The van der Waals surface area contributed by atoms with E-state index in [0.29, 0.717) is 17.4 Å². The van der Waals surface area contributed by atoms with Gasteiger partial charge in [-0.3, -0.25) is 4.98 Å². The Morgan fingerprint density at radius 1 is 1.19 bits per heavy atom. The molecule has 0 amide bonds. The summed E-state index contributed by atoms with van der Waals surface area (Å²) in [5, 5.41) is 1.54. The lowest BCUT2D eigenvalue weighted by Gasteiger charge is -2.11. The molecule has 0 aliphatic rings. The van der Waals surface area contributed by atoms with Gasteiger partial charge < -0.3 is 10.5 Å². The van der Waals surface area contributed by atoms with Gasteiger partial charge in [-0.25, -0.2) is 0 Å². The summed E-state index contributed by atoms with van der Waals surface area (Å²) >= 11 is 6.15. The van der Waals surface area contributed by atoms with Gasteiger partial charge in [0.15, 0.2) is 0 Å². The summed E-state index contributed by atoms with van der Waals surface area (Å²) in [6, 6.07) is 13.4. The summed E-state index contributed by atoms with van der Waals surface area (Å²) in [7, 11) is 0. The van der Waals surface area contributed by atoms with Crippen molar-refractivity contribution in [1.82, 2.24) is 4.98 Å². The fraction of sp³-hybridized carbons (Fsp3) is 0.118. The average molecular weight is 299 g/mol. The van der Waals surface area contributed by atoms with Gasteiger partial charge in [0.05, 0.1) is 10.5 Å². The van der Waals surface area contributed by atoms with Crippen LogP contribution in [0.3, 0.4) is 0 Å². The average Bonchev–Trinajstić information content (AvgIpc) is 2.50. The van der Waals surface area contributed by atoms with Crippen molar-refractivity contribution in [2.45, 2.75) is 13.5 Å². The maximum absolute atomic E-state index is 6.15. The van der Waals surface area contributed by atoms with E-state index in [0.717, 1.165) is 27.7 Å². The first-order valence-electron chi connectivity index (χ1n) is 6.66. The smallest absolute Gasteiger partial charge is 0.138 e. The number of nitrogens with two attached hydrogens (primary N) is 1. The van der Waals surface area contributed by atoms with E-state index >= 15 is 0 Å². The lowest BCUT2D eigenvalue weighted by atomic mass is 10.1. The highest BCUT2D eigenvalue weighted by atomic mass is 35.5. The number of rotatable bonds is 3. The second kappa shape index (κ2) is 5.62. The van der Waals surface area contributed by atoms with Gasteiger partial charge in [-0.1, -0.05) is 23.7 Å². The monoisotopic (exact) mass is 298 g/mol. The van der Waals surface area contributed by atoms with E-state index in [1.807, 2.05) is 49.4 Å². The number of fused-ring (bicyclic) bond motifs is 1. The summed E-state index contributed by atoms with van der Waals surface area (Å²) < 4.78 is 5.84. The Bertz CT molecular complexity index is 802. The Kier molecular flexibility index (Phi) is 3.67. The third-order valence-corrected chi connectivity index (χ3v) is 3.67. The maximum Gasteiger partial charge on any atom is 0.138 e. The van der Waals surface area contributed by atoms with Crippen molar-refractivity contribution >= 4 is 28.2 Å². The minimum absolute atomic E-state index is 0.400. The van der Waals surface area contributed by atoms with Crippen molar-refractivity contribution in [3.8, 4) is 5.75 Å². The highest BCUT2D eigenvalue weighted by Gasteiger charge is 2.07. The number of nitrogens with zero attached hydrogens (tertiary/aromatic N) is 1. The number of anilines is 1. The first-order valence-corrected chi connectivity index (χ1v) is 7.04. The number of aromatic nitrogens is 1. The second-order valence-corrected chi connectivity index (χ2v) is 5.34. The second-order valence-electron chi connectivity index (χ2n) is 4.94. The normalized spacial score (nSPS) is 10.8. The molecule has 0 aliphatic heterocycles. The molecular formula is C17H15ClN2O. The maximum atomic E-state index is 6.15. The molecule has 21 heavy (non-hydrogen) atoms. The molecule has 0 bridgehead atoms. The highest BCUT2D eigenvalue weighted by Crippen LogP contribution is 2.28. The molecule has 0 saturated carbocycles. The first-order chi connectivity index (χ1) is 10.1. The molecule has 0 fully saturated rings. The topological polar surface area (TPSA) is 48.1 Å². The van der Waals surface area contributed by atoms with Gasteiger partial charge in [0.1, 0.15) is 12.4 Å². The van der Waals surface area contributed by atoms with Crippen LogP contribution in [0.1, 0.15) is 11.1 Å². The summed E-state index contributed by atoms with van der Waals surface area (Å²) in [5.41, 5.74) is 9.64. The van der Waals surface area contributed by atoms with Crippen molar-refractivity contribution in [2.24, 2.45) is 0 Å². The number of aryl methyl sites for hydroxylation is 1. The molecule has 0 radical (unpaired) electrons. The first kappa shape index (κ1) is 13.7. The van der Waals surface area contributed by atoms with Crippen LogP contribution in [0.2, 0.25) is 5.02 Å². The van der Waals surface area contributed by atoms with E-state index in [1.54, 1.807) is 6.20 Å². The summed E-state index contributed by atoms with van der Waals surface area (Å²) in [5.74, 6) is 0.678. The number of hydrogen-bond acceptors (Lipinski definition) is 3. The standard InChI is InChI=1S/C17H15ClN2O/c1-11-4-6-14(18)16(9-11)21-10-12-5-7-15(19)13-3-2-8-20-17(12)13/h2-9H,10,19H2,1H3. The molecule has 2 aromatic carbocycles. The third-order valence-electron chi connectivity index (χ3n) is 3.36. The zero-order valence-corrected chi connectivity index (χ0v) is 12.4. The molecule has 106 valence electrons. The highest BCUT2D eigenvalue weighted by molar-refractivity contribution is 6.32. The van der Waals surface area contributed by atoms with Crippen LogP contribution in [-0.2, 0) is 6.61 Å². The number of halogens is 1. The van der Waals surface area contributed by atoms with Crippen molar-refractivity contribution in [3.63, 3.8) is 0 Å². The number of benzene rings is 2. The minimum atomic E-state index is 0.400. The van der Waals surface area contributed by atoms with E-state index in [2.05, 4.69) is 4.98 Å². The Morgan fingerprint density at radius 3 is 2.90 bits per heavy atom. The lowest BCUT2D eigenvalue weighted by molar-refractivity contribution is 0.307. The Labute approximate surface area is 128 Å². The van der Waals surface area contributed by atoms with Gasteiger partial charge in [-0.05, 0) is 42.8 Å². The van der Waals surface area contributed by atoms with Crippen LogP contribution in [0.15, 0.2) is 48.7 Å². The lowest BCUT2D eigenvalue weighted by Crippen LogP contribution is -2.00. The van der Waals surface area contributed by atoms with Crippen LogP contribution >= 0.6 is 11.6 Å².